The van der Waals surface area contributed by atoms with Crippen molar-refractivity contribution in [2.75, 3.05) is 13.2 Å². The molecule has 0 aliphatic rings. The Bertz CT molecular complexity index is 691. The van der Waals surface area contributed by atoms with Gasteiger partial charge in [-0.3, -0.25) is 9.59 Å². The summed E-state index contributed by atoms with van der Waals surface area (Å²) in [5.74, 6) is -2.76. The third-order valence-corrected chi connectivity index (χ3v) is 3.42. The first-order chi connectivity index (χ1) is 12.3. The molecule has 0 heterocycles. The number of ether oxygens (including phenoxy) is 2. The Kier molecular flexibility index (Phi) is 8.01. The summed E-state index contributed by atoms with van der Waals surface area (Å²) in [5.41, 5.74) is 1.72. The summed E-state index contributed by atoms with van der Waals surface area (Å²) in [4.78, 5) is 46.8. The molecule has 0 radical (unpaired) electrons. The van der Waals surface area contributed by atoms with Crippen molar-refractivity contribution >= 4 is 23.8 Å². The van der Waals surface area contributed by atoms with E-state index in [1.165, 1.54) is 6.08 Å². The summed E-state index contributed by atoms with van der Waals surface area (Å²) in [5, 5.41) is 11.0. The van der Waals surface area contributed by atoms with Crippen molar-refractivity contribution in [3.63, 3.8) is 0 Å². The van der Waals surface area contributed by atoms with Gasteiger partial charge in [0.1, 0.15) is 12.6 Å². The van der Waals surface area contributed by atoms with Crippen LogP contribution in [0.5, 0.6) is 0 Å². The van der Waals surface area contributed by atoms with Crippen molar-refractivity contribution < 1.29 is 33.8 Å². The molecule has 0 saturated heterocycles. The van der Waals surface area contributed by atoms with Crippen LogP contribution < -0.4 is 5.32 Å². The Balaban J connectivity index is 2.73. The van der Waals surface area contributed by atoms with E-state index in [9.17, 15) is 19.2 Å². The van der Waals surface area contributed by atoms with Crippen LogP contribution in [0.4, 0.5) is 4.79 Å². The van der Waals surface area contributed by atoms with Gasteiger partial charge < -0.3 is 19.9 Å². The number of carbonyl (C=O) groups is 4. The quantitative estimate of drug-likeness (QED) is 0.507. The molecule has 140 valence electrons. The molecule has 0 fully saturated rings. The number of carbonyl (C=O) groups excluding carboxylic acids is 3. The molecule has 0 aromatic heterocycles. The van der Waals surface area contributed by atoms with Crippen LogP contribution in [0.25, 0.3) is 0 Å². The fraction of sp³-hybridized carbons (Fsp3) is 0.333. The number of alkyl carbamates (subject to hydrolysis) is 1. The molecular formula is C18H21NO7. The fourth-order valence-electron chi connectivity index (χ4n) is 2.18. The van der Waals surface area contributed by atoms with Crippen molar-refractivity contribution in [1.29, 1.82) is 0 Å². The molecule has 0 saturated carbocycles. The number of carboxylic acids is 1. The van der Waals surface area contributed by atoms with E-state index in [2.05, 4.69) is 16.6 Å². The maximum atomic E-state index is 12.2. The first-order valence-corrected chi connectivity index (χ1v) is 7.78. The van der Waals surface area contributed by atoms with Crippen LogP contribution in [-0.2, 0) is 19.1 Å². The van der Waals surface area contributed by atoms with Gasteiger partial charge in [-0.05, 0) is 25.0 Å². The predicted octanol–water partition coefficient (Wildman–Crippen LogP) is 1.78. The smallest absolute Gasteiger partial charge is 0.408 e. The zero-order chi connectivity index (χ0) is 19.7. The van der Waals surface area contributed by atoms with Gasteiger partial charge in [-0.1, -0.05) is 30.9 Å². The number of amides is 1. The van der Waals surface area contributed by atoms with E-state index in [1.807, 2.05) is 0 Å². The van der Waals surface area contributed by atoms with Crippen molar-refractivity contribution in [3.05, 3.63) is 47.5 Å². The highest BCUT2D eigenvalue weighted by Gasteiger charge is 2.26. The van der Waals surface area contributed by atoms with Gasteiger partial charge in [0.25, 0.3) is 0 Å². The molecule has 8 nitrogen and oxygen atoms in total. The van der Waals surface area contributed by atoms with Crippen molar-refractivity contribution in [2.24, 2.45) is 0 Å². The molecule has 0 aliphatic carbocycles. The Morgan fingerprint density at radius 1 is 1.19 bits per heavy atom. The zero-order valence-corrected chi connectivity index (χ0v) is 14.6. The van der Waals surface area contributed by atoms with Gasteiger partial charge in [-0.25, -0.2) is 9.59 Å². The number of aryl methyl sites for hydroxylation is 2. The van der Waals surface area contributed by atoms with E-state index in [4.69, 9.17) is 9.84 Å². The monoisotopic (exact) mass is 363 g/mol. The minimum Gasteiger partial charge on any atom is -0.481 e. The van der Waals surface area contributed by atoms with Crippen LogP contribution in [0.3, 0.4) is 0 Å². The van der Waals surface area contributed by atoms with Crippen molar-refractivity contribution in [2.45, 2.75) is 26.3 Å². The Hall–Kier alpha value is -3.16. The highest BCUT2D eigenvalue weighted by Crippen LogP contribution is 2.14. The lowest BCUT2D eigenvalue weighted by Crippen LogP contribution is -2.44. The average molecular weight is 363 g/mol. The maximum absolute atomic E-state index is 12.2. The number of Topliss-reactive ketones (excluding diaryl/α,β-unsaturated/α-hetero) is 1. The molecule has 2 N–H and O–H groups in total. The first-order valence-electron chi connectivity index (χ1n) is 7.78. The zero-order valence-electron chi connectivity index (χ0n) is 14.6. The van der Waals surface area contributed by atoms with Gasteiger partial charge in [-0.2, -0.15) is 0 Å². The van der Waals surface area contributed by atoms with Crippen LogP contribution in [0.1, 0.15) is 27.9 Å². The standard InChI is InChI=1S/C18H21NO7/c1-4-8-25-18(24)19-13(9-15(21)22)14(20)10-26-17(23)16-11(2)6-5-7-12(16)3/h4-7,13H,1,8-10H2,2-3H3,(H,19,24)(H,21,22)/t13-/m0/s1. The lowest BCUT2D eigenvalue weighted by molar-refractivity contribution is -0.139. The van der Waals surface area contributed by atoms with E-state index in [1.54, 1.807) is 32.0 Å². The summed E-state index contributed by atoms with van der Waals surface area (Å²) < 4.78 is 9.65. The molecule has 1 atom stereocenters. The van der Waals surface area contributed by atoms with E-state index in [0.717, 1.165) is 0 Å². The molecule has 0 aliphatic heterocycles. The second kappa shape index (κ2) is 9.97. The third-order valence-electron chi connectivity index (χ3n) is 3.42. The molecule has 8 heteroatoms. The predicted molar refractivity (Wildman–Crippen MR) is 91.9 cm³/mol. The lowest BCUT2D eigenvalue weighted by atomic mass is 10.0. The maximum Gasteiger partial charge on any atom is 0.408 e. The summed E-state index contributed by atoms with van der Waals surface area (Å²) in [6, 6.07) is 3.87. The second-order valence-corrected chi connectivity index (χ2v) is 5.49. The molecule has 26 heavy (non-hydrogen) atoms. The van der Waals surface area contributed by atoms with Crippen LogP contribution in [0.15, 0.2) is 30.9 Å². The number of esters is 1. The lowest BCUT2D eigenvalue weighted by Gasteiger charge is -2.16. The minimum atomic E-state index is -1.38. The number of aliphatic carboxylic acids is 1. The number of nitrogens with one attached hydrogen (secondary N) is 1. The average Bonchev–Trinajstić information content (AvgIpc) is 2.56. The summed E-state index contributed by atoms with van der Waals surface area (Å²) in [6.07, 6.45) is -0.311. The normalized spacial score (nSPS) is 11.2. The van der Waals surface area contributed by atoms with Crippen LogP contribution >= 0.6 is 0 Å². The minimum absolute atomic E-state index is 0.0959. The Morgan fingerprint density at radius 3 is 2.35 bits per heavy atom. The van der Waals surface area contributed by atoms with Crippen LogP contribution in [0.2, 0.25) is 0 Å². The highest BCUT2D eigenvalue weighted by atomic mass is 16.5. The van der Waals surface area contributed by atoms with Gasteiger partial charge >= 0.3 is 18.0 Å². The number of rotatable bonds is 9. The fourth-order valence-corrected chi connectivity index (χ4v) is 2.18. The molecule has 1 aromatic carbocycles. The summed E-state index contributed by atoms with van der Waals surface area (Å²) >= 11 is 0. The van der Waals surface area contributed by atoms with Gasteiger partial charge in [0, 0.05) is 0 Å². The first kappa shape index (κ1) is 20.9. The Labute approximate surface area is 150 Å². The van der Waals surface area contributed by atoms with E-state index in [-0.39, 0.29) is 6.61 Å². The van der Waals surface area contributed by atoms with E-state index < -0.39 is 42.9 Å². The van der Waals surface area contributed by atoms with Crippen molar-refractivity contribution in [1.82, 2.24) is 5.32 Å². The number of carboxylic acid groups (broad SMARTS) is 1. The Morgan fingerprint density at radius 2 is 1.81 bits per heavy atom. The molecule has 0 bridgehead atoms. The van der Waals surface area contributed by atoms with Gasteiger partial charge in [0.2, 0.25) is 0 Å². The van der Waals surface area contributed by atoms with Crippen LogP contribution in [0, 0.1) is 13.8 Å². The summed E-state index contributed by atoms with van der Waals surface area (Å²) in [6.45, 7) is 6.06. The largest absolute Gasteiger partial charge is 0.481 e. The molecular weight excluding hydrogens is 342 g/mol. The molecule has 0 spiro atoms. The second-order valence-electron chi connectivity index (χ2n) is 5.49. The van der Waals surface area contributed by atoms with E-state index >= 15 is 0 Å². The van der Waals surface area contributed by atoms with Gasteiger partial charge in [0.05, 0.1) is 12.0 Å². The SMILES string of the molecule is C=CCOC(=O)N[C@@H](CC(=O)O)C(=O)COC(=O)c1c(C)cccc1C. The van der Waals surface area contributed by atoms with Gasteiger partial charge in [-0.15, -0.1) is 0 Å². The summed E-state index contributed by atoms with van der Waals surface area (Å²) in [7, 11) is 0. The van der Waals surface area contributed by atoms with Gasteiger partial charge in [0.15, 0.2) is 12.4 Å². The number of benzene rings is 1. The molecule has 0 unspecified atom stereocenters. The highest BCUT2D eigenvalue weighted by molar-refractivity contribution is 5.96. The molecule has 1 rings (SSSR count). The topological polar surface area (TPSA) is 119 Å². The van der Waals surface area contributed by atoms with E-state index in [0.29, 0.717) is 16.7 Å². The third kappa shape index (κ3) is 6.39. The number of hydrogen-bond acceptors (Lipinski definition) is 6. The number of hydrogen-bond donors (Lipinski definition) is 2. The van der Waals surface area contributed by atoms with Crippen molar-refractivity contribution in [3.8, 4) is 0 Å². The number of ketones is 1. The molecule has 1 aromatic rings. The van der Waals surface area contributed by atoms with Crippen LogP contribution in [-0.4, -0.2) is 48.2 Å². The molecule has 1 amide bonds.